The van der Waals surface area contributed by atoms with Gasteiger partial charge in [0.15, 0.2) is 17.2 Å². The lowest BCUT2D eigenvalue weighted by atomic mass is 10.0. The van der Waals surface area contributed by atoms with Crippen LogP contribution in [0.3, 0.4) is 0 Å². The van der Waals surface area contributed by atoms with E-state index in [2.05, 4.69) is 16.4 Å². The van der Waals surface area contributed by atoms with Crippen LogP contribution in [-0.2, 0) is 0 Å². The van der Waals surface area contributed by atoms with Crippen molar-refractivity contribution in [2.24, 2.45) is 5.73 Å². The molecule has 0 aliphatic rings. The van der Waals surface area contributed by atoms with Gasteiger partial charge in [0, 0.05) is 11.1 Å². The summed E-state index contributed by atoms with van der Waals surface area (Å²) in [6.07, 6.45) is 2.49. The number of aromatic nitrogens is 3. The molecule has 3 aromatic rings. The Morgan fingerprint density at radius 3 is 2.74 bits per heavy atom. The lowest BCUT2D eigenvalue weighted by Gasteiger charge is -2.11. The van der Waals surface area contributed by atoms with Crippen molar-refractivity contribution in [2.45, 2.75) is 6.92 Å². The summed E-state index contributed by atoms with van der Waals surface area (Å²) in [5.74, 6) is -0.467. The summed E-state index contributed by atoms with van der Waals surface area (Å²) in [5.41, 5.74) is 7.76. The molecule has 0 saturated heterocycles. The number of ketones is 1. The predicted octanol–water partition coefficient (Wildman–Crippen LogP) is 1.51. The fraction of sp³-hybridized carbons (Fsp3) is 0.125. The minimum absolute atomic E-state index is 0.0584. The van der Waals surface area contributed by atoms with Gasteiger partial charge in [-0.05, 0) is 19.1 Å². The summed E-state index contributed by atoms with van der Waals surface area (Å²) in [6, 6.07) is 8.56. The van der Waals surface area contributed by atoms with Gasteiger partial charge in [0.1, 0.15) is 0 Å². The van der Waals surface area contributed by atoms with Crippen LogP contribution < -0.4 is 10.5 Å². The normalized spacial score (nSPS) is 10.7. The Labute approximate surface area is 131 Å². The molecule has 2 N–H and O–H groups in total. The van der Waals surface area contributed by atoms with E-state index in [9.17, 15) is 9.59 Å². The molecular formula is C16H13N4O3. The molecule has 115 valence electrons. The summed E-state index contributed by atoms with van der Waals surface area (Å²) in [6.45, 7) is 1.49. The Hall–Kier alpha value is -3.22. The van der Waals surface area contributed by atoms with Gasteiger partial charge in [-0.3, -0.25) is 9.59 Å². The molecule has 0 fully saturated rings. The van der Waals surface area contributed by atoms with Crippen LogP contribution in [0.25, 0.3) is 16.9 Å². The summed E-state index contributed by atoms with van der Waals surface area (Å²) < 4.78 is 6.72. The number of methoxy groups -OCH3 is 1. The number of benzene rings is 1. The Bertz CT molecular complexity index is 930. The SMILES string of the molecule is COc1c(C(N)=O)cc(-c2cccc(C(C)=O)c2)n2n[c]nc12. The molecule has 0 unspecified atom stereocenters. The number of pyridine rings is 1. The highest BCUT2D eigenvalue weighted by Gasteiger charge is 2.19. The summed E-state index contributed by atoms with van der Waals surface area (Å²) in [7, 11) is 1.42. The van der Waals surface area contributed by atoms with Crippen LogP contribution in [0.2, 0.25) is 0 Å². The third-order valence-corrected chi connectivity index (χ3v) is 3.49. The number of fused-ring (bicyclic) bond motifs is 1. The summed E-state index contributed by atoms with van der Waals surface area (Å²) >= 11 is 0. The van der Waals surface area contributed by atoms with Gasteiger partial charge in [-0.1, -0.05) is 18.2 Å². The second-order valence-electron chi connectivity index (χ2n) is 4.92. The molecule has 1 amide bonds. The van der Waals surface area contributed by atoms with E-state index < -0.39 is 5.91 Å². The van der Waals surface area contributed by atoms with E-state index in [1.54, 1.807) is 30.3 Å². The minimum atomic E-state index is -0.642. The first-order valence-corrected chi connectivity index (χ1v) is 6.78. The third kappa shape index (κ3) is 2.42. The van der Waals surface area contributed by atoms with Crippen LogP contribution in [0.15, 0.2) is 30.3 Å². The van der Waals surface area contributed by atoms with E-state index in [0.717, 1.165) is 0 Å². The molecule has 7 nitrogen and oxygen atoms in total. The van der Waals surface area contributed by atoms with Gasteiger partial charge in [0.25, 0.3) is 5.91 Å². The molecule has 3 rings (SSSR count). The van der Waals surface area contributed by atoms with Crippen molar-refractivity contribution in [1.29, 1.82) is 0 Å². The molecule has 2 heterocycles. The van der Waals surface area contributed by atoms with Gasteiger partial charge in [-0.25, -0.2) is 9.50 Å². The molecule has 1 aromatic carbocycles. The third-order valence-electron chi connectivity index (χ3n) is 3.49. The maximum Gasteiger partial charge on any atom is 0.252 e. The Morgan fingerprint density at radius 1 is 1.30 bits per heavy atom. The molecule has 0 saturated carbocycles. The van der Waals surface area contributed by atoms with Gasteiger partial charge in [0.05, 0.1) is 18.4 Å². The van der Waals surface area contributed by atoms with E-state index in [4.69, 9.17) is 10.5 Å². The number of carbonyl (C=O) groups excluding carboxylic acids is 2. The lowest BCUT2D eigenvalue weighted by Crippen LogP contribution is -2.14. The van der Waals surface area contributed by atoms with Crippen molar-refractivity contribution in [1.82, 2.24) is 14.6 Å². The van der Waals surface area contributed by atoms with Crippen molar-refractivity contribution >= 4 is 17.3 Å². The number of hydrogen-bond donors (Lipinski definition) is 1. The Kier molecular flexibility index (Phi) is 3.53. The number of amides is 1. The summed E-state index contributed by atoms with van der Waals surface area (Å²) in [4.78, 5) is 27.3. The molecule has 0 aliphatic heterocycles. The fourth-order valence-electron chi connectivity index (χ4n) is 2.40. The highest BCUT2D eigenvalue weighted by Crippen LogP contribution is 2.30. The molecule has 0 atom stereocenters. The first-order valence-electron chi connectivity index (χ1n) is 6.78. The number of primary amides is 1. The first-order chi connectivity index (χ1) is 11.0. The number of carbonyl (C=O) groups is 2. The van der Waals surface area contributed by atoms with E-state index in [-0.39, 0.29) is 17.1 Å². The average molecular weight is 309 g/mol. The van der Waals surface area contributed by atoms with Crippen LogP contribution in [0.4, 0.5) is 0 Å². The molecule has 23 heavy (non-hydrogen) atoms. The highest BCUT2D eigenvalue weighted by atomic mass is 16.5. The number of nitrogens with two attached hydrogens (primary N) is 1. The lowest BCUT2D eigenvalue weighted by molar-refractivity contribution is 0.0993. The van der Waals surface area contributed by atoms with Gasteiger partial charge in [-0.2, -0.15) is 0 Å². The zero-order valence-corrected chi connectivity index (χ0v) is 12.5. The van der Waals surface area contributed by atoms with E-state index >= 15 is 0 Å². The average Bonchev–Trinajstić information content (AvgIpc) is 3.02. The Morgan fingerprint density at radius 2 is 2.09 bits per heavy atom. The van der Waals surface area contributed by atoms with Crippen molar-refractivity contribution < 1.29 is 14.3 Å². The van der Waals surface area contributed by atoms with Crippen LogP contribution >= 0.6 is 0 Å². The van der Waals surface area contributed by atoms with Crippen molar-refractivity contribution in [3.8, 4) is 17.0 Å². The number of rotatable bonds is 4. The monoisotopic (exact) mass is 309 g/mol. The van der Waals surface area contributed by atoms with Crippen LogP contribution in [0, 0.1) is 6.33 Å². The molecule has 1 radical (unpaired) electrons. The number of nitrogens with zero attached hydrogens (tertiary/aromatic N) is 3. The predicted molar refractivity (Wildman–Crippen MR) is 82.3 cm³/mol. The van der Waals surface area contributed by atoms with E-state index in [1.165, 1.54) is 18.5 Å². The molecule has 0 spiro atoms. The van der Waals surface area contributed by atoms with Gasteiger partial charge >= 0.3 is 0 Å². The maximum absolute atomic E-state index is 11.7. The van der Waals surface area contributed by atoms with Gasteiger partial charge in [-0.15, -0.1) is 5.10 Å². The molecule has 0 bridgehead atoms. The van der Waals surface area contributed by atoms with Crippen molar-refractivity contribution in [2.75, 3.05) is 7.11 Å². The van der Waals surface area contributed by atoms with Crippen LogP contribution in [-0.4, -0.2) is 33.4 Å². The number of hydrogen-bond acceptors (Lipinski definition) is 5. The highest BCUT2D eigenvalue weighted by molar-refractivity contribution is 5.99. The molecular weight excluding hydrogens is 296 g/mol. The zero-order valence-electron chi connectivity index (χ0n) is 12.5. The number of ether oxygens (including phenoxy) is 1. The van der Waals surface area contributed by atoms with Crippen molar-refractivity contribution in [3.05, 3.63) is 47.8 Å². The fourth-order valence-corrected chi connectivity index (χ4v) is 2.40. The molecule has 0 aliphatic carbocycles. The largest absolute Gasteiger partial charge is 0.492 e. The molecule has 2 aromatic heterocycles. The quantitative estimate of drug-likeness (QED) is 0.736. The zero-order chi connectivity index (χ0) is 16.6. The molecule has 7 heteroatoms. The van der Waals surface area contributed by atoms with E-state index in [0.29, 0.717) is 22.5 Å². The van der Waals surface area contributed by atoms with Gasteiger partial charge < -0.3 is 10.5 Å². The van der Waals surface area contributed by atoms with Crippen molar-refractivity contribution in [3.63, 3.8) is 0 Å². The minimum Gasteiger partial charge on any atom is -0.492 e. The smallest absolute Gasteiger partial charge is 0.252 e. The second-order valence-corrected chi connectivity index (χ2v) is 4.92. The van der Waals surface area contributed by atoms with Crippen LogP contribution in [0.1, 0.15) is 27.6 Å². The Balaban J connectivity index is 2.34. The first kappa shape index (κ1) is 14.7. The van der Waals surface area contributed by atoms with Gasteiger partial charge in [0.2, 0.25) is 6.33 Å². The van der Waals surface area contributed by atoms with Crippen LogP contribution in [0.5, 0.6) is 5.75 Å². The summed E-state index contributed by atoms with van der Waals surface area (Å²) in [5, 5.41) is 4.04. The number of Topliss-reactive ketones (excluding diaryl/α,β-unsaturated/α-hetero) is 1. The maximum atomic E-state index is 11.7. The standard InChI is InChI=1S/C16H13N4O3/c1-9(21)10-4-3-5-11(6-10)13-7-12(15(17)22)14(23-2)16-18-8-19-20(13)16/h3-7H,1-2H3,(H2,17,22). The van der Waals surface area contributed by atoms with E-state index in [1.807, 2.05) is 0 Å². The topological polar surface area (TPSA) is 99.6 Å². The second kappa shape index (κ2) is 5.53.